The Bertz CT molecular complexity index is 352. The van der Waals surface area contributed by atoms with Crippen LogP contribution in [0.5, 0.6) is 11.5 Å². The summed E-state index contributed by atoms with van der Waals surface area (Å²) in [5.41, 5.74) is 0.362. The van der Waals surface area contributed by atoms with Gasteiger partial charge in [0.05, 0.1) is 7.11 Å². The van der Waals surface area contributed by atoms with Crippen molar-refractivity contribution < 1.29 is 14.2 Å². The molecule has 0 saturated carbocycles. The number of nitrogens with one attached hydrogen (secondary N) is 1. The van der Waals surface area contributed by atoms with Gasteiger partial charge in [-0.15, -0.1) is 0 Å². The van der Waals surface area contributed by atoms with Crippen LogP contribution in [0.3, 0.4) is 0 Å². The fourth-order valence-electron chi connectivity index (χ4n) is 2.14. The van der Waals surface area contributed by atoms with Crippen molar-refractivity contribution in [2.75, 3.05) is 13.7 Å². The van der Waals surface area contributed by atoms with Crippen LogP contribution in [-0.2, 0) is 0 Å². The molecule has 0 aliphatic carbocycles. The number of methoxy groups -OCH3 is 1. The van der Waals surface area contributed by atoms with Crippen LogP contribution < -0.4 is 10.1 Å². The molecule has 0 spiro atoms. The van der Waals surface area contributed by atoms with Crippen LogP contribution in [0.4, 0.5) is 4.39 Å². The van der Waals surface area contributed by atoms with Crippen molar-refractivity contribution in [2.45, 2.75) is 25.3 Å². The molecule has 88 valence electrons. The van der Waals surface area contributed by atoms with Gasteiger partial charge in [0.1, 0.15) is 17.3 Å². The number of phenols is 1. The highest BCUT2D eigenvalue weighted by atomic mass is 19.1. The molecular formula is C12H16FNO2. The van der Waals surface area contributed by atoms with E-state index >= 15 is 0 Å². The van der Waals surface area contributed by atoms with E-state index in [1.165, 1.54) is 19.2 Å². The predicted octanol–water partition coefficient (Wildman–Crippen LogP) is 2.35. The molecule has 0 aromatic heterocycles. The van der Waals surface area contributed by atoms with Gasteiger partial charge in [0.25, 0.3) is 0 Å². The highest BCUT2D eigenvalue weighted by Crippen LogP contribution is 2.34. The Hall–Kier alpha value is -1.29. The molecule has 0 bridgehead atoms. The monoisotopic (exact) mass is 225 g/mol. The van der Waals surface area contributed by atoms with E-state index in [0.29, 0.717) is 11.3 Å². The topological polar surface area (TPSA) is 41.5 Å². The van der Waals surface area contributed by atoms with Gasteiger partial charge in [-0.25, -0.2) is 4.39 Å². The predicted molar refractivity (Wildman–Crippen MR) is 59.2 cm³/mol. The number of aromatic hydroxyl groups is 1. The maximum Gasteiger partial charge on any atom is 0.135 e. The second-order valence-electron chi connectivity index (χ2n) is 4.04. The Morgan fingerprint density at radius 2 is 2.25 bits per heavy atom. The summed E-state index contributed by atoms with van der Waals surface area (Å²) in [5, 5.41) is 13.0. The van der Waals surface area contributed by atoms with Crippen LogP contribution in [0.25, 0.3) is 0 Å². The van der Waals surface area contributed by atoms with Crippen molar-refractivity contribution in [3.63, 3.8) is 0 Å². The minimum Gasteiger partial charge on any atom is -0.507 e. The molecule has 4 heteroatoms. The van der Waals surface area contributed by atoms with Crippen molar-refractivity contribution in [3.8, 4) is 11.5 Å². The van der Waals surface area contributed by atoms with Gasteiger partial charge in [0, 0.05) is 23.7 Å². The summed E-state index contributed by atoms with van der Waals surface area (Å²) in [7, 11) is 1.45. The first kappa shape index (κ1) is 11.2. The third-order valence-corrected chi connectivity index (χ3v) is 2.98. The fraction of sp³-hybridized carbons (Fsp3) is 0.500. The smallest absolute Gasteiger partial charge is 0.135 e. The quantitative estimate of drug-likeness (QED) is 0.811. The van der Waals surface area contributed by atoms with Gasteiger partial charge in [0.15, 0.2) is 0 Å². The molecule has 1 heterocycles. The summed E-state index contributed by atoms with van der Waals surface area (Å²) < 4.78 is 18.7. The standard InChI is InChI=1S/C12H16FNO2/c1-16-8-6-9(13)12(11(15)7-8)10-4-2-3-5-14-10/h6-7,10,14-15H,2-5H2,1H3. The van der Waals surface area contributed by atoms with E-state index in [2.05, 4.69) is 5.32 Å². The molecule has 2 N–H and O–H groups in total. The first-order valence-corrected chi connectivity index (χ1v) is 5.52. The van der Waals surface area contributed by atoms with Crippen molar-refractivity contribution in [3.05, 3.63) is 23.5 Å². The Labute approximate surface area is 94.2 Å². The maximum atomic E-state index is 13.8. The van der Waals surface area contributed by atoms with Crippen LogP contribution in [0.15, 0.2) is 12.1 Å². The lowest BCUT2D eigenvalue weighted by Crippen LogP contribution is -2.27. The van der Waals surface area contributed by atoms with Gasteiger partial charge >= 0.3 is 0 Å². The second kappa shape index (κ2) is 4.70. The number of hydrogen-bond acceptors (Lipinski definition) is 3. The summed E-state index contributed by atoms with van der Waals surface area (Å²) in [6, 6.07) is 2.68. The van der Waals surface area contributed by atoms with E-state index in [1.807, 2.05) is 0 Å². The first-order chi connectivity index (χ1) is 7.72. The Kier molecular flexibility index (Phi) is 3.29. The van der Waals surface area contributed by atoms with E-state index in [1.54, 1.807) is 0 Å². The SMILES string of the molecule is COc1cc(O)c(C2CCCCN2)c(F)c1. The average Bonchev–Trinajstić information content (AvgIpc) is 2.29. The van der Waals surface area contributed by atoms with Gasteiger partial charge < -0.3 is 15.2 Å². The number of piperidine rings is 1. The third-order valence-electron chi connectivity index (χ3n) is 2.98. The lowest BCUT2D eigenvalue weighted by Gasteiger charge is -2.25. The minimum atomic E-state index is -0.406. The number of benzene rings is 1. The normalized spacial score (nSPS) is 20.8. The third kappa shape index (κ3) is 2.11. The van der Waals surface area contributed by atoms with Gasteiger partial charge in [0.2, 0.25) is 0 Å². The van der Waals surface area contributed by atoms with Crippen molar-refractivity contribution in [2.24, 2.45) is 0 Å². The summed E-state index contributed by atoms with van der Waals surface area (Å²) >= 11 is 0. The van der Waals surface area contributed by atoms with E-state index < -0.39 is 5.82 Å². The summed E-state index contributed by atoms with van der Waals surface area (Å²) in [6.07, 6.45) is 3.02. The zero-order valence-corrected chi connectivity index (χ0v) is 9.29. The molecule has 2 rings (SSSR count). The molecule has 1 unspecified atom stereocenters. The van der Waals surface area contributed by atoms with Crippen LogP contribution in [0.1, 0.15) is 30.9 Å². The second-order valence-corrected chi connectivity index (χ2v) is 4.04. The molecule has 1 atom stereocenters. The molecule has 0 amide bonds. The molecule has 1 saturated heterocycles. The minimum absolute atomic E-state index is 0.0312. The molecule has 1 aliphatic heterocycles. The summed E-state index contributed by atoms with van der Waals surface area (Å²) in [6.45, 7) is 0.871. The van der Waals surface area contributed by atoms with Crippen LogP contribution in [0.2, 0.25) is 0 Å². The molecular weight excluding hydrogens is 209 g/mol. The van der Waals surface area contributed by atoms with Gasteiger partial charge in [-0.2, -0.15) is 0 Å². The van der Waals surface area contributed by atoms with Crippen molar-refractivity contribution in [1.29, 1.82) is 0 Å². The maximum absolute atomic E-state index is 13.8. The number of halogens is 1. The van der Waals surface area contributed by atoms with Crippen molar-refractivity contribution >= 4 is 0 Å². The summed E-state index contributed by atoms with van der Waals surface area (Å²) in [5.74, 6) is -0.0953. The van der Waals surface area contributed by atoms with E-state index in [-0.39, 0.29) is 11.8 Å². The largest absolute Gasteiger partial charge is 0.507 e. The summed E-state index contributed by atoms with van der Waals surface area (Å²) in [4.78, 5) is 0. The number of rotatable bonds is 2. The van der Waals surface area contributed by atoms with E-state index in [0.717, 1.165) is 25.8 Å². The molecule has 1 aromatic carbocycles. The Morgan fingerprint density at radius 1 is 1.44 bits per heavy atom. The van der Waals surface area contributed by atoms with Crippen molar-refractivity contribution in [1.82, 2.24) is 5.32 Å². The first-order valence-electron chi connectivity index (χ1n) is 5.52. The average molecular weight is 225 g/mol. The molecule has 1 aliphatic rings. The van der Waals surface area contributed by atoms with Gasteiger partial charge in [-0.3, -0.25) is 0 Å². The molecule has 16 heavy (non-hydrogen) atoms. The molecule has 3 nitrogen and oxygen atoms in total. The van der Waals surface area contributed by atoms with Gasteiger partial charge in [-0.1, -0.05) is 6.42 Å². The zero-order valence-electron chi connectivity index (χ0n) is 9.29. The van der Waals surface area contributed by atoms with Crippen LogP contribution in [-0.4, -0.2) is 18.8 Å². The lowest BCUT2D eigenvalue weighted by atomic mass is 9.96. The van der Waals surface area contributed by atoms with Crippen LogP contribution in [0, 0.1) is 5.82 Å². The number of hydrogen-bond donors (Lipinski definition) is 2. The molecule has 1 fully saturated rings. The van der Waals surface area contributed by atoms with E-state index in [4.69, 9.17) is 4.74 Å². The van der Waals surface area contributed by atoms with Crippen LogP contribution >= 0.6 is 0 Å². The highest BCUT2D eigenvalue weighted by Gasteiger charge is 2.22. The number of phenolic OH excluding ortho intramolecular Hbond substituents is 1. The van der Waals surface area contributed by atoms with Gasteiger partial charge in [-0.05, 0) is 19.4 Å². The Balaban J connectivity index is 2.32. The zero-order chi connectivity index (χ0) is 11.5. The fourth-order valence-corrected chi connectivity index (χ4v) is 2.14. The molecule has 0 radical (unpaired) electrons. The number of ether oxygens (including phenoxy) is 1. The Morgan fingerprint density at radius 3 is 2.81 bits per heavy atom. The molecule has 1 aromatic rings. The highest BCUT2D eigenvalue weighted by molar-refractivity contribution is 5.42. The lowest BCUT2D eigenvalue weighted by molar-refractivity contribution is 0.367. The van der Waals surface area contributed by atoms with E-state index in [9.17, 15) is 9.50 Å².